The minimum atomic E-state index is -4.37. The van der Waals surface area contributed by atoms with Gasteiger partial charge in [0, 0.05) is 28.1 Å². The van der Waals surface area contributed by atoms with Gasteiger partial charge in [-0.1, -0.05) is 6.07 Å². The number of hydrogen-bond acceptors (Lipinski definition) is 4. The van der Waals surface area contributed by atoms with Crippen molar-refractivity contribution in [2.24, 2.45) is 5.92 Å². The van der Waals surface area contributed by atoms with E-state index in [2.05, 4.69) is 10.3 Å². The lowest BCUT2D eigenvalue weighted by Gasteiger charge is -2.12. The van der Waals surface area contributed by atoms with Gasteiger partial charge < -0.3 is 15.6 Å². The number of aromatic nitrogens is 2. The van der Waals surface area contributed by atoms with E-state index in [9.17, 15) is 18.0 Å². The molecule has 2 heterocycles. The number of nitrogens with two attached hydrogens (primary N) is 1. The number of benzene rings is 1. The summed E-state index contributed by atoms with van der Waals surface area (Å²) in [5, 5.41) is 3.87. The Labute approximate surface area is 157 Å². The SMILES string of the molecule is Nc1cccc2c1cc(-c1ncc(CNC(=O)C3CC3)s1)n2CC(F)(F)F. The second kappa shape index (κ2) is 6.56. The van der Waals surface area contributed by atoms with Gasteiger partial charge in [0.15, 0.2) is 0 Å². The lowest BCUT2D eigenvalue weighted by atomic mass is 10.2. The molecule has 142 valence electrons. The van der Waals surface area contributed by atoms with E-state index >= 15 is 0 Å². The molecule has 0 aliphatic heterocycles. The molecule has 4 rings (SSSR count). The zero-order valence-corrected chi connectivity index (χ0v) is 15.0. The van der Waals surface area contributed by atoms with Crippen molar-refractivity contribution in [2.75, 3.05) is 5.73 Å². The van der Waals surface area contributed by atoms with Crippen molar-refractivity contribution in [3.05, 3.63) is 35.3 Å². The Bertz CT molecular complexity index is 1000. The highest BCUT2D eigenvalue weighted by Crippen LogP contribution is 2.35. The maximum absolute atomic E-state index is 13.1. The van der Waals surface area contributed by atoms with Gasteiger partial charge >= 0.3 is 6.18 Å². The molecule has 5 nitrogen and oxygen atoms in total. The fourth-order valence-corrected chi connectivity index (χ4v) is 3.88. The number of alkyl halides is 3. The Morgan fingerprint density at radius 3 is 2.85 bits per heavy atom. The normalized spacial score (nSPS) is 14.6. The predicted octanol–water partition coefficient (Wildman–Crippen LogP) is 3.94. The molecule has 9 heteroatoms. The summed E-state index contributed by atoms with van der Waals surface area (Å²) in [6.45, 7) is -0.794. The van der Waals surface area contributed by atoms with Crippen LogP contribution in [0.15, 0.2) is 30.5 Å². The summed E-state index contributed by atoms with van der Waals surface area (Å²) in [7, 11) is 0. The first-order valence-electron chi connectivity index (χ1n) is 8.49. The van der Waals surface area contributed by atoms with Crippen LogP contribution in [0.5, 0.6) is 0 Å². The molecule has 0 spiro atoms. The number of amides is 1. The first-order chi connectivity index (χ1) is 12.8. The number of nitrogen functional groups attached to an aromatic ring is 1. The molecule has 3 N–H and O–H groups in total. The third-order valence-electron chi connectivity index (χ3n) is 4.47. The van der Waals surface area contributed by atoms with Crippen molar-refractivity contribution < 1.29 is 18.0 Å². The maximum atomic E-state index is 13.1. The lowest BCUT2D eigenvalue weighted by Crippen LogP contribution is -2.23. The average molecular weight is 394 g/mol. The number of thiazole rings is 1. The molecule has 0 atom stereocenters. The van der Waals surface area contributed by atoms with Crippen LogP contribution in [0.25, 0.3) is 21.6 Å². The first kappa shape index (κ1) is 17.8. The summed E-state index contributed by atoms with van der Waals surface area (Å²) in [5.41, 5.74) is 7.14. The van der Waals surface area contributed by atoms with Crippen LogP contribution in [0.4, 0.5) is 18.9 Å². The number of nitrogens with one attached hydrogen (secondary N) is 1. The quantitative estimate of drug-likeness (QED) is 0.644. The summed E-state index contributed by atoms with van der Waals surface area (Å²) in [6, 6.07) is 6.55. The highest BCUT2D eigenvalue weighted by molar-refractivity contribution is 7.15. The summed E-state index contributed by atoms with van der Waals surface area (Å²) in [5.74, 6) is 0.124. The molecule has 1 amide bonds. The number of nitrogens with zero attached hydrogens (tertiary/aromatic N) is 2. The minimum absolute atomic E-state index is 0.0175. The highest BCUT2D eigenvalue weighted by Gasteiger charge is 2.31. The molecule has 1 aliphatic carbocycles. The third-order valence-corrected chi connectivity index (χ3v) is 5.49. The van der Waals surface area contributed by atoms with Crippen LogP contribution >= 0.6 is 11.3 Å². The van der Waals surface area contributed by atoms with E-state index in [4.69, 9.17) is 5.73 Å². The van der Waals surface area contributed by atoms with E-state index in [-0.39, 0.29) is 11.8 Å². The molecular weight excluding hydrogens is 377 g/mol. The van der Waals surface area contributed by atoms with E-state index in [0.717, 1.165) is 17.7 Å². The van der Waals surface area contributed by atoms with Crippen LogP contribution in [0.3, 0.4) is 0 Å². The molecule has 0 bridgehead atoms. The Balaban J connectivity index is 1.67. The number of fused-ring (bicyclic) bond motifs is 1. The first-order valence-corrected chi connectivity index (χ1v) is 9.31. The highest BCUT2D eigenvalue weighted by atomic mass is 32.1. The van der Waals surface area contributed by atoms with E-state index in [1.54, 1.807) is 30.5 Å². The summed E-state index contributed by atoms with van der Waals surface area (Å²) < 4.78 is 40.6. The second-order valence-corrected chi connectivity index (χ2v) is 7.75. The number of carbonyl (C=O) groups excluding carboxylic acids is 1. The standard InChI is InChI=1S/C18H17F3N4OS/c19-18(20,21)9-25-14-3-1-2-13(22)12(14)6-15(25)17-24-8-11(27-17)7-23-16(26)10-4-5-10/h1-3,6,8,10H,4-5,7,9,22H2,(H,23,26). The van der Waals surface area contributed by atoms with E-state index in [1.165, 1.54) is 15.9 Å². The van der Waals surface area contributed by atoms with Crippen molar-refractivity contribution in [2.45, 2.75) is 32.1 Å². The fourth-order valence-electron chi connectivity index (χ4n) is 3.01. The number of hydrogen-bond donors (Lipinski definition) is 2. The molecule has 1 fully saturated rings. The van der Waals surface area contributed by atoms with Gasteiger partial charge in [0.25, 0.3) is 0 Å². The molecule has 2 aromatic heterocycles. The zero-order chi connectivity index (χ0) is 19.2. The van der Waals surface area contributed by atoms with Crippen LogP contribution in [-0.2, 0) is 17.9 Å². The van der Waals surface area contributed by atoms with Gasteiger partial charge in [-0.2, -0.15) is 13.2 Å². The number of rotatable bonds is 5. The lowest BCUT2D eigenvalue weighted by molar-refractivity contribution is -0.139. The molecule has 0 radical (unpaired) electrons. The maximum Gasteiger partial charge on any atom is 0.406 e. The van der Waals surface area contributed by atoms with Gasteiger partial charge in [0.05, 0.1) is 17.8 Å². The molecule has 3 aromatic rings. The van der Waals surface area contributed by atoms with Crippen molar-refractivity contribution in [3.63, 3.8) is 0 Å². The van der Waals surface area contributed by atoms with Gasteiger partial charge in [0.2, 0.25) is 5.91 Å². The third kappa shape index (κ3) is 3.78. The monoisotopic (exact) mass is 394 g/mol. The van der Waals surface area contributed by atoms with Gasteiger partial charge in [-0.3, -0.25) is 4.79 Å². The van der Waals surface area contributed by atoms with Gasteiger partial charge in [-0.15, -0.1) is 11.3 Å². The van der Waals surface area contributed by atoms with Crippen LogP contribution in [0, 0.1) is 5.92 Å². The van der Waals surface area contributed by atoms with Gasteiger partial charge in [-0.05, 0) is 31.0 Å². The Kier molecular flexibility index (Phi) is 4.33. The van der Waals surface area contributed by atoms with Crippen molar-refractivity contribution in [1.29, 1.82) is 0 Å². The summed E-state index contributed by atoms with van der Waals surface area (Å²) in [6.07, 6.45) is -0.951. The van der Waals surface area contributed by atoms with Crippen LogP contribution in [0.1, 0.15) is 17.7 Å². The molecule has 1 aliphatic rings. The molecular formula is C18H17F3N4OS. The van der Waals surface area contributed by atoms with Crippen molar-refractivity contribution in [1.82, 2.24) is 14.9 Å². The average Bonchev–Trinajstić information content (AvgIpc) is 3.25. The second-order valence-electron chi connectivity index (χ2n) is 6.63. The number of anilines is 1. The smallest absolute Gasteiger partial charge is 0.398 e. The predicted molar refractivity (Wildman–Crippen MR) is 98.1 cm³/mol. The van der Waals surface area contributed by atoms with E-state index in [0.29, 0.717) is 33.8 Å². The summed E-state index contributed by atoms with van der Waals surface area (Å²) >= 11 is 1.27. The molecule has 1 saturated carbocycles. The largest absolute Gasteiger partial charge is 0.406 e. The van der Waals surface area contributed by atoms with Crippen LogP contribution < -0.4 is 11.1 Å². The minimum Gasteiger partial charge on any atom is -0.398 e. The molecule has 0 unspecified atom stereocenters. The van der Waals surface area contributed by atoms with Crippen LogP contribution in [-0.4, -0.2) is 21.6 Å². The van der Waals surface area contributed by atoms with Crippen LogP contribution in [0.2, 0.25) is 0 Å². The zero-order valence-electron chi connectivity index (χ0n) is 14.2. The Morgan fingerprint density at radius 2 is 2.15 bits per heavy atom. The molecule has 1 aromatic carbocycles. The van der Waals surface area contributed by atoms with Crippen molar-refractivity contribution in [3.8, 4) is 10.7 Å². The fraction of sp³-hybridized carbons (Fsp3) is 0.333. The molecule has 0 saturated heterocycles. The Hall–Kier alpha value is -2.55. The summed E-state index contributed by atoms with van der Waals surface area (Å²) in [4.78, 5) is 16.8. The van der Waals surface area contributed by atoms with Gasteiger partial charge in [-0.25, -0.2) is 4.98 Å². The van der Waals surface area contributed by atoms with Crippen molar-refractivity contribution >= 4 is 33.8 Å². The molecule has 27 heavy (non-hydrogen) atoms. The number of carbonyl (C=O) groups is 1. The topological polar surface area (TPSA) is 72.9 Å². The number of halogens is 3. The Morgan fingerprint density at radius 1 is 1.37 bits per heavy atom. The van der Waals surface area contributed by atoms with E-state index in [1.807, 2.05) is 0 Å². The van der Waals surface area contributed by atoms with E-state index < -0.39 is 12.7 Å². The van der Waals surface area contributed by atoms with Gasteiger partial charge in [0.1, 0.15) is 11.6 Å².